The van der Waals surface area contributed by atoms with Crippen molar-refractivity contribution in [2.24, 2.45) is 0 Å². The predicted octanol–water partition coefficient (Wildman–Crippen LogP) is 3.38. The summed E-state index contributed by atoms with van der Waals surface area (Å²) in [5.41, 5.74) is 0.129. The van der Waals surface area contributed by atoms with Gasteiger partial charge in [-0.1, -0.05) is 0 Å². The molecule has 1 amide bonds. The van der Waals surface area contributed by atoms with Crippen LogP contribution in [0.15, 0.2) is 35.7 Å². The Bertz CT molecular complexity index is 725. The zero-order valence-corrected chi connectivity index (χ0v) is 11.3. The molecule has 0 saturated heterocycles. The molecule has 4 nitrogen and oxygen atoms in total. The number of anilines is 1. The molecule has 108 valence electrons. The Kier molecular flexibility index (Phi) is 4.44. The molecule has 1 heterocycles. The summed E-state index contributed by atoms with van der Waals surface area (Å²) in [5.74, 6) is -3.26. The van der Waals surface area contributed by atoms with Gasteiger partial charge in [-0.15, -0.1) is 11.3 Å². The number of amides is 1. The number of hydrogen-bond acceptors (Lipinski definition) is 3. The van der Waals surface area contributed by atoms with Crippen molar-refractivity contribution in [1.82, 2.24) is 0 Å². The summed E-state index contributed by atoms with van der Waals surface area (Å²) < 4.78 is 26.2. The van der Waals surface area contributed by atoms with Crippen molar-refractivity contribution in [3.63, 3.8) is 0 Å². The molecule has 7 heteroatoms. The average molecular weight is 309 g/mol. The molecule has 1 aromatic carbocycles. The van der Waals surface area contributed by atoms with Crippen LogP contribution >= 0.6 is 11.3 Å². The SMILES string of the molecule is O=C(O)C=Cc1cc(C(=O)Nc2ccc(F)cc2F)cs1. The zero-order chi connectivity index (χ0) is 15.4. The maximum atomic E-state index is 13.4. The largest absolute Gasteiger partial charge is 0.478 e. The van der Waals surface area contributed by atoms with Gasteiger partial charge < -0.3 is 10.4 Å². The monoisotopic (exact) mass is 309 g/mol. The van der Waals surface area contributed by atoms with E-state index >= 15 is 0 Å². The number of thiophene rings is 1. The fraction of sp³-hybridized carbons (Fsp3) is 0. The number of carboxylic acid groups (broad SMARTS) is 1. The first kappa shape index (κ1) is 14.9. The van der Waals surface area contributed by atoms with E-state index in [0.717, 1.165) is 18.2 Å². The predicted molar refractivity (Wildman–Crippen MR) is 75.3 cm³/mol. The Balaban J connectivity index is 2.12. The van der Waals surface area contributed by atoms with Gasteiger partial charge in [-0.25, -0.2) is 13.6 Å². The molecule has 2 N–H and O–H groups in total. The molecule has 2 rings (SSSR count). The molecular weight excluding hydrogens is 300 g/mol. The first-order valence-electron chi connectivity index (χ1n) is 5.71. The van der Waals surface area contributed by atoms with Gasteiger partial charge >= 0.3 is 5.97 Å². The van der Waals surface area contributed by atoms with Crippen LogP contribution in [0.5, 0.6) is 0 Å². The molecule has 0 radical (unpaired) electrons. The molecule has 0 spiro atoms. The van der Waals surface area contributed by atoms with Crippen molar-refractivity contribution in [1.29, 1.82) is 0 Å². The summed E-state index contributed by atoms with van der Waals surface area (Å²) in [7, 11) is 0. The van der Waals surface area contributed by atoms with Crippen LogP contribution in [0, 0.1) is 11.6 Å². The van der Waals surface area contributed by atoms with Gasteiger partial charge in [0.15, 0.2) is 0 Å². The quantitative estimate of drug-likeness (QED) is 0.851. The first-order valence-corrected chi connectivity index (χ1v) is 6.59. The summed E-state index contributed by atoms with van der Waals surface area (Å²) in [5, 5.41) is 12.3. The first-order chi connectivity index (χ1) is 9.95. The summed E-state index contributed by atoms with van der Waals surface area (Å²) in [6.45, 7) is 0. The number of halogens is 2. The van der Waals surface area contributed by atoms with Gasteiger partial charge in [-0.3, -0.25) is 4.79 Å². The van der Waals surface area contributed by atoms with E-state index in [-0.39, 0.29) is 11.3 Å². The normalized spacial score (nSPS) is 10.8. The molecule has 0 unspecified atom stereocenters. The second-order valence-corrected chi connectivity index (χ2v) is 4.93. The van der Waals surface area contributed by atoms with E-state index < -0.39 is 23.5 Å². The van der Waals surface area contributed by atoms with E-state index in [2.05, 4.69) is 5.32 Å². The topological polar surface area (TPSA) is 66.4 Å². The Labute approximate surface area is 122 Å². The van der Waals surface area contributed by atoms with E-state index in [1.54, 1.807) is 0 Å². The number of rotatable bonds is 4. The lowest BCUT2D eigenvalue weighted by molar-refractivity contribution is -0.131. The van der Waals surface area contributed by atoms with E-state index in [9.17, 15) is 18.4 Å². The molecule has 0 atom stereocenters. The fourth-order valence-corrected chi connectivity index (χ4v) is 2.28. The van der Waals surface area contributed by atoms with Crippen LogP contribution in [0.25, 0.3) is 6.08 Å². The standard InChI is InChI=1S/C14H9F2NO3S/c15-9-1-3-12(11(16)6-9)17-14(20)8-5-10(21-7-8)2-4-13(18)19/h1-7H,(H,17,20)(H,18,19). The zero-order valence-electron chi connectivity index (χ0n) is 10.5. The minimum atomic E-state index is -1.09. The number of aliphatic carboxylic acids is 1. The van der Waals surface area contributed by atoms with Crippen LogP contribution < -0.4 is 5.32 Å². The summed E-state index contributed by atoms with van der Waals surface area (Å²) >= 11 is 1.17. The number of nitrogens with one attached hydrogen (secondary N) is 1. The van der Waals surface area contributed by atoms with Crippen LogP contribution in [0.3, 0.4) is 0 Å². The number of carbonyl (C=O) groups excluding carboxylic acids is 1. The van der Waals surface area contributed by atoms with Gasteiger partial charge in [0.1, 0.15) is 11.6 Å². The highest BCUT2D eigenvalue weighted by molar-refractivity contribution is 7.11. The maximum absolute atomic E-state index is 13.4. The van der Waals surface area contributed by atoms with Crippen LogP contribution in [0.4, 0.5) is 14.5 Å². The van der Waals surface area contributed by atoms with Crippen LogP contribution in [-0.2, 0) is 4.79 Å². The molecule has 0 bridgehead atoms. The summed E-state index contributed by atoms with van der Waals surface area (Å²) in [6.07, 6.45) is 2.30. The van der Waals surface area contributed by atoms with Gasteiger partial charge in [0.25, 0.3) is 5.91 Å². The van der Waals surface area contributed by atoms with Gasteiger partial charge in [-0.05, 0) is 24.3 Å². The number of carbonyl (C=O) groups is 2. The minimum absolute atomic E-state index is 0.129. The molecule has 0 saturated carbocycles. The number of carboxylic acids is 1. The highest BCUT2D eigenvalue weighted by Crippen LogP contribution is 2.20. The second kappa shape index (κ2) is 6.27. The molecule has 21 heavy (non-hydrogen) atoms. The fourth-order valence-electron chi connectivity index (χ4n) is 1.50. The lowest BCUT2D eigenvalue weighted by Crippen LogP contribution is -2.12. The minimum Gasteiger partial charge on any atom is -0.478 e. The van der Waals surface area contributed by atoms with Gasteiger partial charge in [0, 0.05) is 22.4 Å². The highest BCUT2D eigenvalue weighted by Gasteiger charge is 2.11. The van der Waals surface area contributed by atoms with Crippen molar-refractivity contribution >= 4 is 35.0 Å². The number of benzene rings is 1. The van der Waals surface area contributed by atoms with E-state index in [1.807, 2.05) is 0 Å². The van der Waals surface area contributed by atoms with Crippen molar-refractivity contribution in [3.8, 4) is 0 Å². The lowest BCUT2D eigenvalue weighted by atomic mass is 10.2. The van der Waals surface area contributed by atoms with Crippen LogP contribution in [0.2, 0.25) is 0 Å². The van der Waals surface area contributed by atoms with Gasteiger partial charge in [0.2, 0.25) is 0 Å². The molecule has 1 aromatic heterocycles. The van der Waals surface area contributed by atoms with Crippen LogP contribution in [0.1, 0.15) is 15.2 Å². The van der Waals surface area contributed by atoms with Crippen molar-refractivity contribution in [3.05, 3.63) is 57.8 Å². The second-order valence-electron chi connectivity index (χ2n) is 3.99. The Hall–Kier alpha value is -2.54. The molecule has 0 aliphatic heterocycles. The Morgan fingerprint density at radius 3 is 2.67 bits per heavy atom. The molecule has 0 aliphatic carbocycles. The highest BCUT2D eigenvalue weighted by atomic mass is 32.1. The average Bonchev–Trinajstić information content (AvgIpc) is 2.88. The lowest BCUT2D eigenvalue weighted by Gasteiger charge is -2.04. The van der Waals surface area contributed by atoms with Crippen molar-refractivity contribution in [2.45, 2.75) is 0 Å². The summed E-state index contributed by atoms with van der Waals surface area (Å²) in [4.78, 5) is 22.9. The van der Waals surface area contributed by atoms with E-state index in [4.69, 9.17) is 5.11 Å². The number of hydrogen-bond donors (Lipinski definition) is 2. The van der Waals surface area contributed by atoms with E-state index in [0.29, 0.717) is 10.9 Å². The Morgan fingerprint density at radius 1 is 1.24 bits per heavy atom. The molecular formula is C14H9F2NO3S. The molecule has 0 aliphatic rings. The third kappa shape index (κ3) is 3.96. The molecule has 0 fully saturated rings. The van der Waals surface area contributed by atoms with E-state index in [1.165, 1.54) is 28.9 Å². The molecule has 2 aromatic rings. The Morgan fingerprint density at radius 2 is 2.00 bits per heavy atom. The van der Waals surface area contributed by atoms with Crippen LogP contribution in [-0.4, -0.2) is 17.0 Å². The van der Waals surface area contributed by atoms with Gasteiger partial charge in [0.05, 0.1) is 11.3 Å². The summed E-state index contributed by atoms with van der Waals surface area (Å²) in [6, 6.07) is 4.30. The van der Waals surface area contributed by atoms with Crippen molar-refractivity contribution in [2.75, 3.05) is 5.32 Å². The maximum Gasteiger partial charge on any atom is 0.328 e. The third-order valence-electron chi connectivity index (χ3n) is 2.45. The third-order valence-corrected chi connectivity index (χ3v) is 3.35. The van der Waals surface area contributed by atoms with Crippen molar-refractivity contribution < 1.29 is 23.5 Å². The smallest absolute Gasteiger partial charge is 0.328 e. The van der Waals surface area contributed by atoms with Gasteiger partial charge in [-0.2, -0.15) is 0 Å².